The van der Waals surface area contributed by atoms with Gasteiger partial charge in [-0.05, 0) is 52.1 Å². The predicted molar refractivity (Wildman–Crippen MR) is 55.8 cm³/mol. The summed E-state index contributed by atoms with van der Waals surface area (Å²) in [5.41, 5.74) is 0.295. The van der Waals surface area contributed by atoms with E-state index in [0.29, 0.717) is 18.1 Å². The van der Waals surface area contributed by atoms with Gasteiger partial charge in [0.05, 0.1) is 0 Å². The predicted octanol–water partition coefficient (Wildman–Crippen LogP) is 1.88. The Balaban J connectivity index is 2.24. The summed E-state index contributed by atoms with van der Waals surface area (Å²) in [4.78, 5) is 2.36. The molecule has 2 heteroatoms. The van der Waals surface area contributed by atoms with E-state index in [1.54, 1.807) is 0 Å². The summed E-state index contributed by atoms with van der Waals surface area (Å²) in [6, 6.07) is 0.621. The van der Waals surface area contributed by atoms with Crippen LogP contribution >= 0.6 is 0 Å². The third-order valence-corrected chi connectivity index (χ3v) is 3.63. The Morgan fingerprint density at radius 1 is 1.38 bits per heavy atom. The van der Waals surface area contributed by atoms with Crippen molar-refractivity contribution in [2.45, 2.75) is 45.6 Å². The first-order chi connectivity index (χ1) is 6.09. The maximum absolute atomic E-state index is 9.27. The number of aliphatic hydroxyl groups is 1. The van der Waals surface area contributed by atoms with Crippen LogP contribution in [0.15, 0.2) is 0 Å². The molecule has 0 unspecified atom stereocenters. The van der Waals surface area contributed by atoms with Gasteiger partial charge in [-0.1, -0.05) is 6.42 Å². The van der Waals surface area contributed by atoms with E-state index >= 15 is 0 Å². The fourth-order valence-corrected chi connectivity index (χ4v) is 1.84. The van der Waals surface area contributed by atoms with Gasteiger partial charge in [0.1, 0.15) is 0 Å². The van der Waals surface area contributed by atoms with Crippen LogP contribution < -0.4 is 0 Å². The van der Waals surface area contributed by atoms with Crippen molar-refractivity contribution < 1.29 is 5.11 Å². The molecule has 0 amide bonds. The molecule has 0 aromatic rings. The Morgan fingerprint density at radius 3 is 2.31 bits per heavy atom. The first-order valence-electron chi connectivity index (χ1n) is 5.41. The van der Waals surface area contributed by atoms with E-state index in [0.717, 1.165) is 13.0 Å². The molecule has 0 saturated heterocycles. The van der Waals surface area contributed by atoms with Crippen molar-refractivity contribution in [2.24, 2.45) is 5.41 Å². The Bertz CT molecular complexity index is 147. The highest BCUT2D eigenvalue weighted by Crippen LogP contribution is 2.43. The smallest absolute Gasteiger partial charge is 0.0487 e. The van der Waals surface area contributed by atoms with Gasteiger partial charge in [-0.2, -0.15) is 0 Å². The van der Waals surface area contributed by atoms with Gasteiger partial charge in [0.15, 0.2) is 0 Å². The molecule has 78 valence electrons. The monoisotopic (exact) mass is 185 g/mol. The highest BCUT2D eigenvalue weighted by atomic mass is 16.3. The number of hydrogen-bond acceptors (Lipinski definition) is 2. The molecule has 0 bridgehead atoms. The normalized spacial score (nSPS) is 20.8. The maximum atomic E-state index is 9.27. The molecular weight excluding hydrogens is 162 g/mol. The molecule has 0 atom stereocenters. The van der Waals surface area contributed by atoms with Gasteiger partial charge in [0.2, 0.25) is 0 Å². The number of rotatable bonds is 5. The zero-order chi connectivity index (χ0) is 9.90. The molecule has 2 nitrogen and oxygen atoms in total. The number of nitrogens with zero attached hydrogens (tertiary/aromatic N) is 1. The van der Waals surface area contributed by atoms with Crippen LogP contribution in [0.3, 0.4) is 0 Å². The van der Waals surface area contributed by atoms with Crippen molar-refractivity contribution in [2.75, 3.05) is 20.2 Å². The first-order valence-corrected chi connectivity index (χ1v) is 5.41. The van der Waals surface area contributed by atoms with Crippen LogP contribution in [0.4, 0.5) is 0 Å². The molecule has 1 fully saturated rings. The Labute approximate surface area is 81.9 Å². The highest BCUT2D eigenvalue weighted by Gasteiger charge is 2.35. The molecule has 0 spiro atoms. The summed E-state index contributed by atoms with van der Waals surface area (Å²) in [6.45, 7) is 5.94. The van der Waals surface area contributed by atoms with E-state index in [1.165, 1.54) is 19.3 Å². The van der Waals surface area contributed by atoms with E-state index in [2.05, 4.69) is 25.8 Å². The lowest BCUT2D eigenvalue weighted by molar-refractivity contribution is 0.0258. The summed E-state index contributed by atoms with van der Waals surface area (Å²) in [7, 11) is 2.16. The Kier molecular flexibility index (Phi) is 3.74. The van der Waals surface area contributed by atoms with E-state index in [4.69, 9.17) is 0 Å². The molecular formula is C11H23NO. The van der Waals surface area contributed by atoms with Crippen LogP contribution in [0.25, 0.3) is 0 Å². The van der Waals surface area contributed by atoms with Crippen LogP contribution in [-0.2, 0) is 0 Å². The Morgan fingerprint density at radius 2 is 2.00 bits per heavy atom. The quantitative estimate of drug-likeness (QED) is 0.707. The molecule has 0 heterocycles. The van der Waals surface area contributed by atoms with Crippen molar-refractivity contribution in [3.63, 3.8) is 0 Å². The minimum Gasteiger partial charge on any atom is -0.396 e. The van der Waals surface area contributed by atoms with Crippen LogP contribution in [0.5, 0.6) is 0 Å². The third kappa shape index (κ3) is 2.68. The fourth-order valence-electron chi connectivity index (χ4n) is 1.84. The largest absolute Gasteiger partial charge is 0.396 e. The third-order valence-electron chi connectivity index (χ3n) is 3.63. The summed E-state index contributed by atoms with van der Waals surface area (Å²) in [5, 5.41) is 9.27. The molecule has 1 rings (SSSR count). The van der Waals surface area contributed by atoms with Gasteiger partial charge in [-0.3, -0.25) is 0 Å². The Hall–Kier alpha value is -0.0800. The average molecular weight is 185 g/mol. The molecule has 1 aliphatic rings. The van der Waals surface area contributed by atoms with E-state index in [-0.39, 0.29) is 0 Å². The highest BCUT2D eigenvalue weighted by molar-refractivity contribution is 4.87. The second-order valence-electron chi connectivity index (χ2n) is 4.84. The van der Waals surface area contributed by atoms with Crippen molar-refractivity contribution in [3.05, 3.63) is 0 Å². The second-order valence-corrected chi connectivity index (χ2v) is 4.84. The zero-order valence-electron chi connectivity index (χ0n) is 9.21. The molecule has 0 aromatic heterocycles. The maximum Gasteiger partial charge on any atom is 0.0487 e. The standard InChI is InChI=1S/C11H23NO/c1-10(2)12(3)8-7-11(9-13)5-4-6-11/h10,13H,4-9H2,1-3H3. The van der Waals surface area contributed by atoms with Gasteiger partial charge in [-0.15, -0.1) is 0 Å². The van der Waals surface area contributed by atoms with E-state index in [1.807, 2.05) is 0 Å². The molecule has 1 N–H and O–H groups in total. The second kappa shape index (κ2) is 4.43. The minimum absolute atomic E-state index is 0.295. The van der Waals surface area contributed by atoms with Crippen LogP contribution in [0.1, 0.15) is 39.5 Å². The lowest BCUT2D eigenvalue weighted by atomic mass is 9.67. The molecule has 0 radical (unpaired) electrons. The lowest BCUT2D eigenvalue weighted by Crippen LogP contribution is -2.38. The fraction of sp³-hybridized carbons (Fsp3) is 1.00. The van der Waals surface area contributed by atoms with Crippen LogP contribution in [0.2, 0.25) is 0 Å². The van der Waals surface area contributed by atoms with Gasteiger partial charge < -0.3 is 10.0 Å². The van der Waals surface area contributed by atoms with Gasteiger partial charge in [-0.25, -0.2) is 0 Å². The van der Waals surface area contributed by atoms with E-state index < -0.39 is 0 Å². The number of aliphatic hydroxyl groups excluding tert-OH is 1. The van der Waals surface area contributed by atoms with E-state index in [9.17, 15) is 5.11 Å². The van der Waals surface area contributed by atoms with Crippen LogP contribution in [0, 0.1) is 5.41 Å². The summed E-state index contributed by atoms with van der Waals surface area (Å²) < 4.78 is 0. The van der Waals surface area contributed by atoms with Crippen molar-refractivity contribution in [1.29, 1.82) is 0 Å². The van der Waals surface area contributed by atoms with Crippen molar-refractivity contribution >= 4 is 0 Å². The van der Waals surface area contributed by atoms with Gasteiger partial charge >= 0.3 is 0 Å². The molecule has 0 aliphatic heterocycles. The SMILES string of the molecule is CC(C)N(C)CCC1(CO)CCC1. The summed E-state index contributed by atoms with van der Waals surface area (Å²) >= 11 is 0. The van der Waals surface area contributed by atoms with Crippen LogP contribution in [-0.4, -0.2) is 36.2 Å². The van der Waals surface area contributed by atoms with Gasteiger partial charge in [0.25, 0.3) is 0 Å². The topological polar surface area (TPSA) is 23.5 Å². The first kappa shape index (κ1) is 11.0. The van der Waals surface area contributed by atoms with Gasteiger partial charge in [0, 0.05) is 12.6 Å². The molecule has 13 heavy (non-hydrogen) atoms. The minimum atomic E-state index is 0.295. The lowest BCUT2D eigenvalue weighted by Gasteiger charge is -2.41. The van der Waals surface area contributed by atoms with Crippen molar-refractivity contribution in [1.82, 2.24) is 4.90 Å². The molecule has 0 aromatic carbocycles. The molecule has 1 aliphatic carbocycles. The summed E-state index contributed by atoms with van der Waals surface area (Å²) in [6.07, 6.45) is 4.94. The average Bonchev–Trinajstić information content (AvgIpc) is 2.02. The van der Waals surface area contributed by atoms with Crippen molar-refractivity contribution in [3.8, 4) is 0 Å². The molecule has 1 saturated carbocycles. The summed E-state index contributed by atoms with van der Waals surface area (Å²) in [5.74, 6) is 0. The zero-order valence-corrected chi connectivity index (χ0v) is 9.21. The number of hydrogen-bond donors (Lipinski definition) is 1.